The largest absolute Gasteiger partial charge is 0.342 e. The van der Waals surface area contributed by atoms with Gasteiger partial charge in [0.15, 0.2) is 0 Å². The Hall–Kier alpha value is -1.98. The minimum Gasteiger partial charge on any atom is -0.342 e. The number of likely N-dealkylation sites (tertiary alicyclic amines) is 1. The fourth-order valence-corrected chi connectivity index (χ4v) is 5.75. The lowest BCUT2D eigenvalue weighted by Gasteiger charge is -2.33. The predicted octanol–water partition coefficient (Wildman–Crippen LogP) is 2.52. The summed E-state index contributed by atoms with van der Waals surface area (Å²) in [6.45, 7) is 4.63. The molecule has 0 aromatic carbocycles. The summed E-state index contributed by atoms with van der Waals surface area (Å²) in [6, 6.07) is 0. The second-order valence-electron chi connectivity index (χ2n) is 9.15. The SMILES string of the molecule is CC(=O)N1CCc2nc([C@@H]3CCCN(C(=O)C4[C@H]5CCCC[C@@H]45)C3)ncc2C1. The summed E-state index contributed by atoms with van der Waals surface area (Å²) >= 11 is 0. The van der Waals surface area contributed by atoms with Crippen LogP contribution in [0.2, 0.25) is 0 Å². The van der Waals surface area contributed by atoms with Crippen molar-refractivity contribution in [2.45, 2.75) is 64.3 Å². The van der Waals surface area contributed by atoms with Crippen molar-refractivity contribution < 1.29 is 9.59 Å². The Morgan fingerprint density at radius 3 is 2.57 bits per heavy atom. The number of piperidine rings is 1. The number of carbonyl (C=O) groups is 2. The smallest absolute Gasteiger partial charge is 0.226 e. The van der Waals surface area contributed by atoms with Gasteiger partial charge < -0.3 is 9.80 Å². The summed E-state index contributed by atoms with van der Waals surface area (Å²) in [6.07, 6.45) is 9.91. The third kappa shape index (κ3) is 3.20. The highest BCUT2D eigenvalue weighted by atomic mass is 16.2. The zero-order valence-electron chi connectivity index (χ0n) is 16.8. The number of aromatic nitrogens is 2. The molecule has 6 heteroatoms. The first-order valence-corrected chi connectivity index (χ1v) is 11.0. The maximum Gasteiger partial charge on any atom is 0.226 e. The van der Waals surface area contributed by atoms with E-state index in [2.05, 4.69) is 9.88 Å². The molecular weight excluding hydrogens is 352 g/mol. The maximum atomic E-state index is 13.1. The molecule has 5 rings (SSSR count). The lowest BCUT2D eigenvalue weighted by atomic mass is 9.96. The number of amides is 2. The molecule has 28 heavy (non-hydrogen) atoms. The zero-order chi connectivity index (χ0) is 19.3. The molecule has 150 valence electrons. The van der Waals surface area contributed by atoms with Crippen molar-refractivity contribution in [2.24, 2.45) is 17.8 Å². The Bertz CT molecular complexity index is 783. The van der Waals surface area contributed by atoms with Gasteiger partial charge in [0.2, 0.25) is 11.8 Å². The molecule has 1 aromatic rings. The zero-order valence-corrected chi connectivity index (χ0v) is 16.8. The van der Waals surface area contributed by atoms with Gasteiger partial charge in [0.05, 0.1) is 5.69 Å². The van der Waals surface area contributed by atoms with Crippen molar-refractivity contribution >= 4 is 11.8 Å². The third-order valence-corrected chi connectivity index (χ3v) is 7.44. The third-order valence-electron chi connectivity index (χ3n) is 7.44. The summed E-state index contributed by atoms with van der Waals surface area (Å²) in [4.78, 5) is 38.2. The van der Waals surface area contributed by atoms with Gasteiger partial charge in [-0.05, 0) is 37.5 Å². The highest BCUT2D eigenvalue weighted by Gasteiger charge is 2.56. The second kappa shape index (κ2) is 7.12. The molecule has 6 nitrogen and oxygen atoms in total. The Kier molecular flexibility index (Phi) is 4.60. The van der Waals surface area contributed by atoms with Crippen LogP contribution in [0.15, 0.2) is 6.20 Å². The molecule has 0 radical (unpaired) electrons. The molecule has 3 heterocycles. The Balaban J connectivity index is 1.27. The van der Waals surface area contributed by atoms with Crippen molar-refractivity contribution in [2.75, 3.05) is 19.6 Å². The fourth-order valence-electron chi connectivity index (χ4n) is 5.75. The maximum absolute atomic E-state index is 13.1. The van der Waals surface area contributed by atoms with Gasteiger partial charge in [0.1, 0.15) is 5.82 Å². The Morgan fingerprint density at radius 1 is 1.04 bits per heavy atom. The van der Waals surface area contributed by atoms with E-state index < -0.39 is 0 Å². The Labute approximate surface area is 166 Å². The number of hydrogen-bond acceptors (Lipinski definition) is 4. The van der Waals surface area contributed by atoms with Crippen LogP contribution in [-0.4, -0.2) is 51.2 Å². The van der Waals surface area contributed by atoms with E-state index in [0.717, 1.165) is 56.0 Å². The van der Waals surface area contributed by atoms with Gasteiger partial charge in [-0.15, -0.1) is 0 Å². The summed E-state index contributed by atoms with van der Waals surface area (Å²) in [5.74, 6) is 3.30. The molecule has 2 saturated carbocycles. The molecule has 0 bridgehead atoms. The topological polar surface area (TPSA) is 66.4 Å². The first-order chi connectivity index (χ1) is 13.6. The fraction of sp³-hybridized carbons (Fsp3) is 0.727. The van der Waals surface area contributed by atoms with E-state index in [1.165, 1.54) is 25.7 Å². The van der Waals surface area contributed by atoms with Gasteiger partial charge in [0, 0.05) is 63.1 Å². The first-order valence-electron chi connectivity index (χ1n) is 11.0. The summed E-state index contributed by atoms with van der Waals surface area (Å²) in [7, 11) is 0. The number of nitrogens with zero attached hydrogens (tertiary/aromatic N) is 4. The van der Waals surface area contributed by atoms with Crippen molar-refractivity contribution in [3.05, 3.63) is 23.3 Å². The number of carbonyl (C=O) groups excluding carboxylic acids is 2. The van der Waals surface area contributed by atoms with Gasteiger partial charge >= 0.3 is 0 Å². The molecule has 3 fully saturated rings. The molecule has 1 saturated heterocycles. The lowest BCUT2D eigenvalue weighted by Crippen LogP contribution is -2.41. The van der Waals surface area contributed by atoms with E-state index in [1.54, 1.807) is 6.92 Å². The molecule has 4 atom stereocenters. The highest BCUT2D eigenvalue weighted by molar-refractivity contribution is 5.82. The summed E-state index contributed by atoms with van der Waals surface area (Å²) < 4.78 is 0. The van der Waals surface area contributed by atoms with Crippen molar-refractivity contribution in [1.82, 2.24) is 19.8 Å². The van der Waals surface area contributed by atoms with Crippen LogP contribution >= 0.6 is 0 Å². The van der Waals surface area contributed by atoms with Crippen LogP contribution in [0.5, 0.6) is 0 Å². The van der Waals surface area contributed by atoms with Crippen molar-refractivity contribution in [3.8, 4) is 0 Å². The van der Waals surface area contributed by atoms with E-state index in [-0.39, 0.29) is 11.8 Å². The minimum absolute atomic E-state index is 0.108. The quantitative estimate of drug-likeness (QED) is 0.788. The van der Waals surface area contributed by atoms with Gasteiger partial charge in [-0.3, -0.25) is 9.59 Å². The van der Waals surface area contributed by atoms with Crippen molar-refractivity contribution in [1.29, 1.82) is 0 Å². The molecule has 0 spiro atoms. The summed E-state index contributed by atoms with van der Waals surface area (Å²) in [5, 5.41) is 0. The van der Waals surface area contributed by atoms with Crippen LogP contribution < -0.4 is 0 Å². The monoisotopic (exact) mass is 382 g/mol. The van der Waals surface area contributed by atoms with E-state index >= 15 is 0 Å². The van der Waals surface area contributed by atoms with E-state index in [4.69, 9.17) is 4.98 Å². The van der Waals surface area contributed by atoms with E-state index in [9.17, 15) is 9.59 Å². The summed E-state index contributed by atoms with van der Waals surface area (Å²) in [5.41, 5.74) is 2.15. The van der Waals surface area contributed by atoms with Crippen molar-refractivity contribution in [3.63, 3.8) is 0 Å². The lowest BCUT2D eigenvalue weighted by molar-refractivity contribution is -0.134. The number of rotatable bonds is 2. The van der Waals surface area contributed by atoms with Crippen LogP contribution in [0.3, 0.4) is 0 Å². The predicted molar refractivity (Wildman–Crippen MR) is 104 cm³/mol. The van der Waals surface area contributed by atoms with Gasteiger partial charge in [-0.2, -0.15) is 0 Å². The normalized spacial score (nSPS) is 31.8. The van der Waals surface area contributed by atoms with Crippen LogP contribution in [0.1, 0.15) is 68.4 Å². The van der Waals surface area contributed by atoms with Crippen LogP contribution in [0.4, 0.5) is 0 Å². The molecule has 1 unspecified atom stereocenters. The van der Waals surface area contributed by atoms with E-state index in [0.29, 0.717) is 30.2 Å². The second-order valence-corrected chi connectivity index (χ2v) is 9.15. The van der Waals surface area contributed by atoms with Crippen LogP contribution in [0, 0.1) is 17.8 Å². The molecular formula is C22H30N4O2. The average molecular weight is 383 g/mol. The molecule has 4 aliphatic rings. The van der Waals surface area contributed by atoms with Crippen LogP contribution in [-0.2, 0) is 22.6 Å². The van der Waals surface area contributed by atoms with Crippen LogP contribution in [0.25, 0.3) is 0 Å². The van der Waals surface area contributed by atoms with E-state index in [1.807, 2.05) is 11.1 Å². The number of fused-ring (bicyclic) bond motifs is 2. The standard InChI is InChI=1S/C22H30N4O2/c1-14(27)25-10-8-19-16(13-25)11-23-21(24-19)15-5-4-9-26(12-15)22(28)20-17-6-2-3-7-18(17)20/h11,15,17-18,20H,2-10,12-13H2,1H3/t15-,17-,18+,20?/m1/s1. The molecule has 0 N–H and O–H groups in total. The van der Waals surface area contributed by atoms with Gasteiger partial charge in [0.25, 0.3) is 0 Å². The Morgan fingerprint density at radius 2 is 1.82 bits per heavy atom. The molecule has 1 aromatic heterocycles. The van der Waals surface area contributed by atoms with Gasteiger partial charge in [-0.25, -0.2) is 9.97 Å². The molecule has 2 aliphatic heterocycles. The highest BCUT2D eigenvalue weighted by Crippen LogP contribution is 2.56. The first kappa shape index (κ1) is 18.1. The van der Waals surface area contributed by atoms with Gasteiger partial charge in [-0.1, -0.05) is 12.8 Å². The molecule has 2 aliphatic carbocycles. The number of hydrogen-bond donors (Lipinski definition) is 0. The minimum atomic E-state index is 0.108. The molecule has 2 amide bonds. The average Bonchev–Trinajstić information content (AvgIpc) is 3.47.